The number of ketones is 1. The first-order valence-corrected chi connectivity index (χ1v) is 17.8. The van der Waals surface area contributed by atoms with E-state index in [4.69, 9.17) is 14.6 Å². The molecular weight excluding hydrogens is 613 g/mol. The number of fused-ring (bicyclic) bond motifs is 2. The van der Waals surface area contributed by atoms with Crippen LogP contribution in [0.5, 0.6) is 0 Å². The van der Waals surface area contributed by atoms with E-state index in [0.29, 0.717) is 36.3 Å². The van der Waals surface area contributed by atoms with E-state index in [2.05, 4.69) is 4.72 Å². The van der Waals surface area contributed by atoms with Crippen LogP contribution in [0.2, 0.25) is 0 Å². The Balaban J connectivity index is 0.000000267. The van der Waals surface area contributed by atoms with Crippen LogP contribution >= 0.6 is 0 Å². The summed E-state index contributed by atoms with van der Waals surface area (Å²) in [5.74, 6) is -0.460. The van der Waals surface area contributed by atoms with E-state index in [9.17, 15) is 22.8 Å². The molecule has 0 aliphatic heterocycles. The Kier molecular flexibility index (Phi) is 14.7. The third-order valence-corrected chi connectivity index (χ3v) is 10.0. The van der Waals surface area contributed by atoms with Crippen LogP contribution in [0.1, 0.15) is 135 Å². The van der Waals surface area contributed by atoms with Crippen molar-refractivity contribution in [2.75, 3.05) is 13.2 Å². The molecule has 2 aliphatic rings. The standard InChI is InChI=1S/C17H25NO3S.C13H14O3.C4H11NOS/c1-5-21-16(19)14-10-6-9-13-12(14)8-7-11-15(13)18-22(20)17(2,3)4;1-2-16-13(15)11-7-3-6-10-9(11)5-4-8-12(10)14;1-4(2,3)7(5)6/h6,9-10,15,18H,5,7-8,11H2,1-4H3;3,6-7H,2,4-5,8H2,1H3;5H2,1-3H3/t15-,22-;;7-/m0.0/s1. The van der Waals surface area contributed by atoms with E-state index in [0.717, 1.165) is 48.8 Å². The highest BCUT2D eigenvalue weighted by Gasteiger charge is 2.29. The van der Waals surface area contributed by atoms with Crippen molar-refractivity contribution >= 4 is 39.7 Å². The molecule has 11 heteroatoms. The zero-order valence-corrected chi connectivity index (χ0v) is 29.6. The van der Waals surface area contributed by atoms with Crippen molar-refractivity contribution in [3.8, 4) is 0 Å². The van der Waals surface area contributed by atoms with Gasteiger partial charge in [0.05, 0.1) is 55.8 Å². The van der Waals surface area contributed by atoms with Crippen LogP contribution in [0.3, 0.4) is 0 Å². The first-order chi connectivity index (χ1) is 21.0. The molecule has 0 unspecified atom stereocenters. The second-order valence-electron chi connectivity index (χ2n) is 12.8. The van der Waals surface area contributed by atoms with E-state index in [1.807, 2.05) is 66.7 Å². The van der Waals surface area contributed by atoms with Crippen LogP contribution in [-0.2, 0) is 44.3 Å². The molecule has 45 heavy (non-hydrogen) atoms. The number of Topliss-reactive ketones (excluding diaryl/α,β-unsaturated/α-hetero) is 1. The highest BCUT2D eigenvalue weighted by molar-refractivity contribution is 7.84. The van der Waals surface area contributed by atoms with Crippen molar-refractivity contribution in [1.29, 1.82) is 0 Å². The maximum atomic E-state index is 12.4. The molecule has 3 atom stereocenters. The molecule has 2 aliphatic carbocycles. The third-order valence-electron chi connectivity index (χ3n) is 7.21. The number of nitrogens with two attached hydrogens (primary N) is 1. The van der Waals surface area contributed by atoms with Crippen molar-refractivity contribution in [2.45, 2.75) is 109 Å². The Hall–Kier alpha value is -2.73. The number of hydrogen-bond acceptors (Lipinski definition) is 7. The quantitative estimate of drug-likeness (QED) is 0.357. The molecule has 2 aromatic rings. The number of nitrogens with one attached hydrogen (secondary N) is 1. The minimum atomic E-state index is -1.18. The van der Waals surface area contributed by atoms with Gasteiger partial charge in [0.1, 0.15) is 0 Å². The van der Waals surface area contributed by atoms with Gasteiger partial charge in [0.2, 0.25) is 0 Å². The molecule has 3 N–H and O–H groups in total. The van der Waals surface area contributed by atoms with E-state index in [-0.39, 0.29) is 33.3 Å². The summed E-state index contributed by atoms with van der Waals surface area (Å²) < 4.78 is 35.5. The first-order valence-electron chi connectivity index (χ1n) is 15.5. The molecule has 0 heterocycles. The molecule has 0 amide bonds. The van der Waals surface area contributed by atoms with Crippen LogP contribution in [-0.4, -0.2) is 48.8 Å². The van der Waals surface area contributed by atoms with Crippen molar-refractivity contribution < 1.29 is 32.3 Å². The Morgan fingerprint density at radius 2 is 1.33 bits per heavy atom. The average molecular weight is 663 g/mol. The summed E-state index contributed by atoms with van der Waals surface area (Å²) in [6, 6.07) is 11.0. The monoisotopic (exact) mass is 662 g/mol. The Labute approximate surface area is 273 Å². The number of ether oxygens (including phenoxy) is 2. The van der Waals surface area contributed by atoms with Gasteiger partial charge in [-0.1, -0.05) is 24.3 Å². The fourth-order valence-corrected chi connectivity index (χ4v) is 5.61. The summed E-state index contributed by atoms with van der Waals surface area (Å²) in [5.41, 5.74) is 4.86. The van der Waals surface area contributed by atoms with E-state index in [1.165, 1.54) is 0 Å². The molecule has 0 bridgehead atoms. The molecule has 0 fully saturated rings. The van der Waals surface area contributed by atoms with Gasteiger partial charge in [-0.15, -0.1) is 0 Å². The van der Waals surface area contributed by atoms with Gasteiger partial charge in [-0.2, -0.15) is 0 Å². The van der Waals surface area contributed by atoms with Gasteiger partial charge in [0.25, 0.3) is 0 Å². The number of carbonyl (C=O) groups excluding carboxylic acids is 3. The SMILES string of the molecule is CC(C)(C)[S@@](N)=O.CCOC(=O)c1cccc2c1CCCC2=O.CCOC(=O)c1cccc2c1CCC[C@@H]2N[S@@](=O)C(C)(C)C. The van der Waals surface area contributed by atoms with Crippen molar-refractivity contribution in [2.24, 2.45) is 5.14 Å². The Bertz CT molecular complexity index is 1390. The molecule has 250 valence electrons. The lowest BCUT2D eigenvalue weighted by Crippen LogP contribution is -2.37. The van der Waals surface area contributed by atoms with Gasteiger partial charge >= 0.3 is 11.9 Å². The average Bonchev–Trinajstić information content (AvgIpc) is 2.97. The number of carbonyl (C=O) groups is 3. The summed E-state index contributed by atoms with van der Waals surface area (Å²) in [6.07, 6.45) is 4.96. The molecule has 9 nitrogen and oxygen atoms in total. The van der Waals surface area contributed by atoms with Crippen molar-refractivity contribution in [3.63, 3.8) is 0 Å². The largest absolute Gasteiger partial charge is 0.462 e. The number of esters is 2. The zero-order chi connectivity index (χ0) is 33.9. The normalized spacial score (nSPS) is 17.2. The predicted molar refractivity (Wildman–Crippen MR) is 181 cm³/mol. The molecule has 0 saturated carbocycles. The summed E-state index contributed by atoms with van der Waals surface area (Å²) in [5, 5.41) is 5.04. The number of rotatable bonds is 6. The van der Waals surface area contributed by atoms with Crippen LogP contribution in [0.25, 0.3) is 0 Å². The fourth-order valence-electron chi connectivity index (χ4n) is 4.75. The lowest BCUT2D eigenvalue weighted by molar-refractivity contribution is 0.0515. The summed E-state index contributed by atoms with van der Waals surface area (Å²) in [4.78, 5) is 35.5. The molecule has 0 aromatic heterocycles. The Morgan fingerprint density at radius 3 is 1.84 bits per heavy atom. The Morgan fingerprint density at radius 1 is 0.822 bits per heavy atom. The molecule has 0 spiro atoms. The highest BCUT2D eigenvalue weighted by atomic mass is 32.2. The second kappa shape index (κ2) is 17.3. The maximum absolute atomic E-state index is 12.4. The van der Waals surface area contributed by atoms with Gasteiger partial charge in [0.15, 0.2) is 5.78 Å². The van der Waals surface area contributed by atoms with Gasteiger partial charge in [-0.25, -0.2) is 22.7 Å². The summed E-state index contributed by atoms with van der Waals surface area (Å²) in [6.45, 7) is 15.7. The van der Waals surface area contributed by atoms with Crippen LogP contribution in [0.15, 0.2) is 36.4 Å². The summed E-state index contributed by atoms with van der Waals surface area (Å²) in [7, 11) is -2.31. The van der Waals surface area contributed by atoms with Crippen LogP contribution in [0, 0.1) is 0 Å². The minimum Gasteiger partial charge on any atom is -0.462 e. The molecule has 4 rings (SSSR count). The highest BCUT2D eigenvalue weighted by Crippen LogP contribution is 2.33. The number of hydrogen-bond donors (Lipinski definition) is 2. The summed E-state index contributed by atoms with van der Waals surface area (Å²) >= 11 is 0. The third kappa shape index (κ3) is 11.2. The lowest BCUT2D eigenvalue weighted by atomic mass is 9.85. The topological polar surface area (TPSA) is 142 Å². The molecular formula is C34H50N2O7S2. The maximum Gasteiger partial charge on any atom is 0.338 e. The van der Waals surface area contributed by atoms with E-state index >= 15 is 0 Å². The van der Waals surface area contributed by atoms with Crippen LogP contribution in [0.4, 0.5) is 0 Å². The smallest absolute Gasteiger partial charge is 0.338 e. The molecule has 0 radical (unpaired) electrons. The molecule has 0 saturated heterocycles. The zero-order valence-electron chi connectivity index (χ0n) is 27.9. The van der Waals surface area contributed by atoms with E-state index in [1.54, 1.807) is 25.1 Å². The van der Waals surface area contributed by atoms with Gasteiger partial charge in [-0.05, 0) is 116 Å². The predicted octanol–water partition coefficient (Wildman–Crippen LogP) is 6.08. The van der Waals surface area contributed by atoms with Crippen LogP contribution < -0.4 is 9.86 Å². The second-order valence-corrected chi connectivity index (χ2v) is 16.6. The fraction of sp³-hybridized carbons (Fsp3) is 0.559. The first kappa shape index (κ1) is 38.5. The number of benzene rings is 2. The molecule has 2 aromatic carbocycles. The van der Waals surface area contributed by atoms with Gasteiger partial charge < -0.3 is 9.47 Å². The van der Waals surface area contributed by atoms with Gasteiger partial charge in [-0.3, -0.25) is 9.93 Å². The van der Waals surface area contributed by atoms with Crippen molar-refractivity contribution in [3.05, 3.63) is 69.8 Å². The van der Waals surface area contributed by atoms with Gasteiger partial charge in [0, 0.05) is 18.0 Å². The van der Waals surface area contributed by atoms with E-state index < -0.39 is 22.0 Å². The lowest BCUT2D eigenvalue weighted by Gasteiger charge is -2.30. The minimum absolute atomic E-state index is 0.0261. The van der Waals surface area contributed by atoms with Crippen molar-refractivity contribution in [1.82, 2.24) is 4.72 Å².